The zero-order valence-corrected chi connectivity index (χ0v) is 19.2. The Balaban J connectivity index is 1.68. The molecule has 0 radical (unpaired) electrons. The second kappa shape index (κ2) is 12.1. The molecule has 0 heterocycles. The molecule has 1 N–H and O–H groups in total. The molecule has 0 bridgehead atoms. The molecule has 4 aromatic carbocycles. The van der Waals surface area contributed by atoms with Crippen LogP contribution in [0.1, 0.15) is 22.3 Å². The minimum Gasteiger partial charge on any atom is -0.485 e. The van der Waals surface area contributed by atoms with Gasteiger partial charge in [0, 0.05) is 6.08 Å². The summed E-state index contributed by atoms with van der Waals surface area (Å²) in [5.41, 5.74) is 3.63. The van der Waals surface area contributed by atoms with E-state index in [4.69, 9.17) is 19.3 Å². The Morgan fingerprint density at radius 2 is 1.03 bits per heavy atom. The van der Waals surface area contributed by atoms with Crippen molar-refractivity contribution in [1.29, 1.82) is 0 Å². The SMILES string of the molecule is O=C(O)C=Cc1cc(OCc2ccccc2)c(OCc2ccccc2)c(OCc2ccccc2)c1. The van der Waals surface area contributed by atoms with Crippen LogP contribution < -0.4 is 14.2 Å². The van der Waals surface area contributed by atoms with Crippen molar-refractivity contribution >= 4 is 12.0 Å². The smallest absolute Gasteiger partial charge is 0.328 e. The highest BCUT2D eigenvalue weighted by molar-refractivity contribution is 5.85. The van der Waals surface area contributed by atoms with Crippen molar-refractivity contribution in [2.24, 2.45) is 0 Å². The standard InChI is InChI=1S/C30H26O5/c31-29(32)17-16-26-18-27(33-20-23-10-4-1-5-11-23)30(35-22-25-14-8-3-9-15-25)28(19-26)34-21-24-12-6-2-7-13-24/h1-19H,20-22H2,(H,31,32). The van der Waals surface area contributed by atoms with Crippen molar-refractivity contribution in [2.45, 2.75) is 19.8 Å². The first kappa shape index (κ1) is 23.6. The molecule has 0 saturated carbocycles. The van der Waals surface area contributed by atoms with Crippen LogP contribution in [0.3, 0.4) is 0 Å². The lowest BCUT2D eigenvalue weighted by molar-refractivity contribution is -0.131. The number of benzene rings is 4. The molecule has 0 aromatic heterocycles. The Morgan fingerprint density at radius 3 is 1.43 bits per heavy atom. The molecule has 0 aliphatic rings. The van der Waals surface area contributed by atoms with Crippen molar-refractivity contribution in [3.05, 3.63) is 131 Å². The molecule has 0 saturated heterocycles. The van der Waals surface area contributed by atoms with E-state index in [-0.39, 0.29) is 0 Å². The fourth-order valence-corrected chi connectivity index (χ4v) is 3.42. The molecule has 4 rings (SSSR count). The third-order valence-electron chi connectivity index (χ3n) is 5.16. The predicted octanol–water partition coefficient (Wildman–Crippen LogP) is 6.52. The first-order valence-electron chi connectivity index (χ1n) is 11.3. The van der Waals surface area contributed by atoms with Crippen molar-refractivity contribution in [2.75, 3.05) is 0 Å². The first-order chi connectivity index (χ1) is 17.2. The molecular formula is C30H26O5. The van der Waals surface area contributed by atoms with Gasteiger partial charge in [0.05, 0.1) is 0 Å². The number of aliphatic carboxylic acids is 1. The maximum absolute atomic E-state index is 11.1. The van der Waals surface area contributed by atoms with Gasteiger partial charge in [-0.2, -0.15) is 0 Å². The van der Waals surface area contributed by atoms with Gasteiger partial charge < -0.3 is 19.3 Å². The third-order valence-corrected chi connectivity index (χ3v) is 5.16. The van der Waals surface area contributed by atoms with Gasteiger partial charge in [-0.3, -0.25) is 0 Å². The second-order valence-electron chi connectivity index (χ2n) is 7.84. The van der Waals surface area contributed by atoms with Gasteiger partial charge in [-0.1, -0.05) is 91.0 Å². The quantitative estimate of drug-likeness (QED) is 0.255. The van der Waals surface area contributed by atoms with E-state index in [1.54, 1.807) is 12.1 Å². The lowest BCUT2D eigenvalue weighted by Gasteiger charge is -2.18. The fraction of sp³-hybridized carbons (Fsp3) is 0.100. The van der Waals surface area contributed by atoms with Crippen molar-refractivity contribution in [1.82, 2.24) is 0 Å². The number of carboxylic acids is 1. The van der Waals surface area contributed by atoms with Gasteiger partial charge in [-0.25, -0.2) is 4.79 Å². The van der Waals surface area contributed by atoms with Gasteiger partial charge in [0.2, 0.25) is 5.75 Å². The summed E-state index contributed by atoms with van der Waals surface area (Å²) in [5.74, 6) is 0.377. The summed E-state index contributed by atoms with van der Waals surface area (Å²) in [5, 5.41) is 9.11. The summed E-state index contributed by atoms with van der Waals surface area (Å²) >= 11 is 0. The summed E-state index contributed by atoms with van der Waals surface area (Å²) in [6.45, 7) is 0.980. The lowest BCUT2D eigenvalue weighted by Crippen LogP contribution is -2.04. The van der Waals surface area contributed by atoms with E-state index in [1.807, 2.05) is 91.0 Å². The molecule has 0 amide bonds. The van der Waals surface area contributed by atoms with Crippen molar-refractivity contribution in [3.8, 4) is 17.2 Å². The molecule has 5 nitrogen and oxygen atoms in total. The van der Waals surface area contributed by atoms with Crippen LogP contribution in [0.15, 0.2) is 109 Å². The van der Waals surface area contributed by atoms with E-state index in [9.17, 15) is 4.79 Å². The molecule has 5 heteroatoms. The highest BCUT2D eigenvalue weighted by Crippen LogP contribution is 2.40. The number of hydrogen-bond acceptors (Lipinski definition) is 4. The molecule has 35 heavy (non-hydrogen) atoms. The maximum Gasteiger partial charge on any atom is 0.328 e. The normalized spacial score (nSPS) is 10.7. The Kier molecular flexibility index (Phi) is 8.17. The Labute approximate surface area is 204 Å². The van der Waals surface area contributed by atoms with E-state index in [0.29, 0.717) is 42.6 Å². The summed E-state index contributed by atoms with van der Waals surface area (Å²) in [6.07, 6.45) is 2.59. The van der Waals surface area contributed by atoms with E-state index < -0.39 is 5.97 Å². The molecule has 176 valence electrons. The minimum absolute atomic E-state index is 0.326. The number of rotatable bonds is 11. The fourth-order valence-electron chi connectivity index (χ4n) is 3.42. The minimum atomic E-state index is -1.03. The molecule has 0 aliphatic carbocycles. The van der Waals surface area contributed by atoms with Gasteiger partial charge in [-0.15, -0.1) is 0 Å². The highest BCUT2D eigenvalue weighted by Gasteiger charge is 2.16. The first-order valence-corrected chi connectivity index (χ1v) is 11.3. The van der Waals surface area contributed by atoms with Crippen LogP contribution in [0.25, 0.3) is 6.08 Å². The molecule has 0 aliphatic heterocycles. The van der Waals surface area contributed by atoms with Crippen LogP contribution in [0.5, 0.6) is 17.2 Å². The summed E-state index contributed by atoms with van der Waals surface area (Å²) in [4.78, 5) is 11.1. The lowest BCUT2D eigenvalue weighted by atomic mass is 10.1. The van der Waals surface area contributed by atoms with Crippen LogP contribution >= 0.6 is 0 Å². The zero-order chi connectivity index (χ0) is 24.3. The number of carbonyl (C=O) groups is 1. The van der Waals surface area contributed by atoms with E-state index >= 15 is 0 Å². The molecular weight excluding hydrogens is 440 g/mol. The Bertz CT molecular complexity index is 1190. The van der Waals surface area contributed by atoms with Gasteiger partial charge >= 0.3 is 5.97 Å². The Hall–Kier alpha value is -4.51. The van der Waals surface area contributed by atoms with Gasteiger partial charge in [0.1, 0.15) is 19.8 Å². The van der Waals surface area contributed by atoms with Crippen molar-refractivity contribution < 1.29 is 24.1 Å². The number of carboxylic acid groups (broad SMARTS) is 1. The molecule has 0 spiro atoms. The molecule has 4 aromatic rings. The molecule has 0 unspecified atom stereocenters. The van der Waals surface area contributed by atoms with Gasteiger partial charge in [0.25, 0.3) is 0 Å². The second-order valence-corrected chi connectivity index (χ2v) is 7.84. The Morgan fingerprint density at radius 1 is 0.629 bits per heavy atom. The van der Waals surface area contributed by atoms with Crippen LogP contribution in [-0.2, 0) is 24.6 Å². The van der Waals surface area contributed by atoms with Gasteiger partial charge in [0.15, 0.2) is 11.5 Å². The van der Waals surface area contributed by atoms with Crippen LogP contribution in [-0.4, -0.2) is 11.1 Å². The average molecular weight is 467 g/mol. The van der Waals surface area contributed by atoms with Crippen molar-refractivity contribution in [3.63, 3.8) is 0 Å². The topological polar surface area (TPSA) is 65.0 Å². The van der Waals surface area contributed by atoms with Crippen LogP contribution in [0, 0.1) is 0 Å². The maximum atomic E-state index is 11.1. The third kappa shape index (κ3) is 7.24. The van der Waals surface area contributed by atoms with Crippen LogP contribution in [0.2, 0.25) is 0 Å². The molecule has 0 fully saturated rings. The molecule has 0 atom stereocenters. The average Bonchev–Trinajstić information content (AvgIpc) is 2.90. The summed E-state index contributed by atoms with van der Waals surface area (Å²) in [6, 6.07) is 33.0. The largest absolute Gasteiger partial charge is 0.485 e. The summed E-state index contributed by atoms with van der Waals surface area (Å²) in [7, 11) is 0. The zero-order valence-electron chi connectivity index (χ0n) is 19.2. The van der Waals surface area contributed by atoms with Crippen LogP contribution in [0.4, 0.5) is 0 Å². The van der Waals surface area contributed by atoms with E-state index in [2.05, 4.69) is 0 Å². The number of ether oxygens (including phenoxy) is 3. The van der Waals surface area contributed by atoms with E-state index in [0.717, 1.165) is 22.8 Å². The predicted molar refractivity (Wildman–Crippen MR) is 135 cm³/mol. The van der Waals surface area contributed by atoms with E-state index in [1.165, 1.54) is 6.08 Å². The summed E-state index contributed by atoms with van der Waals surface area (Å²) < 4.78 is 18.6. The van der Waals surface area contributed by atoms with Gasteiger partial charge in [-0.05, 0) is 40.5 Å². The number of hydrogen-bond donors (Lipinski definition) is 1. The highest BCUT2D eigenvalue weighted by atomic mass is 16.5. The monoisotopic (exact) mass is 466 g/mol.